The number of carbonyl (C=O) groups excluding carboxylic acids is 1. The Morgan fingerprint density at radius 1 is 0.852 bits per heavy atom. The molecule has 3 aromatic rings. The summed E-state index contributed by atoms with van der Waals surface area (Å²) >= 11 is 0. The van der Waals surface area contributed by atoms with Crippen molar-refractivity contribution in [1.82, 2.24) is 14.4 Å². The van der Waals surface area contributed by atoms with Gasteiger partial charge in [0.15, 0.2) is 5.43 Å². The molecule has 0 atom stereocenters. The van der Waals surface area contributed by atoms with Crippen LogP contribution in [0.15, 0.2) is 71.7 Å². The van der Waals surface area contributed by atoms with Crippen molar-refractivity contribution >= 4 is 16.8 Å². The third kappa shape index (κ3) is 3.93. The van der Waals surface area contributed by atoms with Gasteiger partial charge in [0.1, 0.15) is 6.54 Å². The SMILES string of the molecule is O=C(Cn1ccc(=O)c2ccccc21)N1CCN(Cc2ccccc2)CC1. The molecule has 27 heavy (non-hydrogen) atoms. The average Bonchev–Trinajstić information content (AvgIpc) is 2.71. The van der Waals surface area contributed by atoms with Gasteiger partial charge in [-0.15, -0.1) is 0 Å². The van der Waals surface area contributed by atoms with Crippen LogP contribution in [0.25, 0.3) is 10.9 Å². The van der Waals surface area contributed by atoms with Crippen LogP contribution in [-0.4, -0.2) is 46.5 Å². The van der Waals surface area contributed by atoms with Crippen molar-refractivity contribution in [3.8, 4) is 0 Å². The fourth-order valence-corrected chi connectivity index (χ4v) is 3.64. The lowest BCUT2D eigenvalue weighted by Crippen LogP contribution is -2.49. The van der Waals surface area contributed by atoms with E-state index in [1.165, 1.54) is 11.6 Å². The van der Waals surface area contributed by atoms with E-state index in [1.54, 1.807) is 12.3 Å². The van der Waals surface area contributed by atoms with Gasteiger partial charge < -0.3 is 9.47 Å². The van der Waals surface area contributed by atoms with Crippen LogP contribution in [0.4, 0.5) is 0 Å². The van der Waals surface area contributed by atoms with E-state index in [4.69, 9.17) is 0 Å². The van der Waals surface area contributed by atoms with Gasteiger partial charge in [-0.05, 0) is 17.7 Å². The molecule has 1 saturated heterocycles. The zero-order chi connectivity index (χ0) is 18.6. The van der Waals surface area contributed by atoms with Gasteiger partial charge in [-0.1, -0.05) is 42.5 Å². The number of pyridine rings is 1. The lowest BCUT2D eigenvalue weighted by Gasteiger charge is -2.35. The zero-order valence-electron chi connectivity index (χ0n) is 15.3. The minimum atomic E-state index is -0.0103. The van der Waals surface area contributed by atoms with Crippen molar-refractivity contribution in [2.24, 2.45) is 0 Å². The maximum atomic E-state index is 12.8. The molecule has 0 spiro atoms. The first-order chi connectivity index (χ1) is 13.2. The van der Waals surface area contributed by atoms with Gasteiger partial charge in [-0.3, -0.25) is 14.5 Å². The maximum Gasteiger partial charge on any atom is 0.242 e. The summed E-state index contributed by atoms with van der Waals surface area (Å²) in [5.41, 5.74) is 2.10. The molecule has 1 aliphatic rings. The second-order valence-corrected chi connectivity index (χ2v) is 6.97. The summed E-state index contributed by atoms with van der Waals surface area (Å²) < 4.78 is 1.87. The molecule has 1 fully saturated rings. The number of amides is 1. The Hall–Kier alpha value is -2.92. The average molecular weight is 361 g/mol. The topological polar surface area (TPSA) is 45.6 Å². The minimum Gasteiger partial charge on any atom is -0.339 e. The highest BCUT2D eigenvalue weighted by molar-refractivity contribution is 5.82. The first-order valence-electron chi connectivity index (χ1n) is 9.33. The first-order valence-corrected chi connectivity index (χ1v) is 9.33. The predicted molar refractivity (Wildman–Crippen MR) is 107 cm³/mol. The molecule has 2 aromatic carbocycles. The summed E-state index contributed by atoms with van der Waals surface area (Å²) in [5.74, 6) is 0.100. The second-order valence-electron chi connectivity index (χ2n) is 6.97. The molecule has 0 N–H and O–H groups in total. The van der Waals surface area contributed by atoms with Gasteiger partial charge in [0, 0.05) is 50.4 Å². The Kier molecular flexibility index (Phi) is 5.03. The fraction of sp³-hybridized carbons (Fsp3) is 0.273. The maximum absolute atomic E-state index is 12.8. The number of carbonyl (C=O) groups is 1. The van der Waals surface area contributed by atoms with Crippen LogP contribution in [0.1, 0.15) is 5.56 Å². The highest BCUT2D eigenvalue weighted by atomic mass is 16.2. The van der Waals surface area contributed by atoms with Crippen LogP contribution in [0.5, 0.6) is 0 Å². The standard InChI is InChI=1S/C22H23N3O2/c26-21-10-11-25(20-9-5-4-8-19(20)21)17-22(27)24-14-12-23(13-15-24)16-18-6-2-1-3-7-18/h1-11H,12-17H2. The van der Waals surface area contributed by atoms with E-state index < -0.39 is 0 Å². The fourth-order valence-electron chi connectivity index (χ4n) is 3.64. The lowest BCUT2D eigenvalue weighted by molar-refractivity contribution is -0.133. The summed E-state index contributed by atoms with van der Waals surface area (Å²) in [7, 11) is 0. The number of para-hydroxylation sites is 1. The quantitative estimate of drug-likeness (QED) is 0.717. The molecule has 4 rings (SSSR count). The number of piperazine rings is 1. The van der Waals surface area contributed by atoms with E-state index in [-0.39, 0.29) is 17.9 Å². The van der Waals surface area contributed by atoms with Crippen molar-refractivity contribution in [2.45, 2.75) is 13.1 Å². The van der Waals surface area contributed by atoms with Crippen LogP contribution in [0.2, 0.25) is 0 Å². The summed E-state index contributed by atoms with van der Waals surface area (Å²) in [6.45, 7) is 4.43. The van der Waals surface area contributed by atoms with Crippen molar-refractivity contribution in [2.75, 3.05) is 26.2 Å². The predicted octanol–water partition coefficient (Wildman–Crippen LogP) is 2.35. The van der Waals surface area contributed by atoms with Crippen LogP contribution >= 0.6 is 0 Å². The van der Waals surface area contributed by atoms with Crippen LogP contribution in [-0.2, 0) is 17.9 Å². The third-order valence-electron chi connectivity index (χ3n) is 5.16. The normalized spacial score (nSPS) is 15.2. The summed E-state index contributed by atoms with van der Waals surface area (Å²) in [6.07, 6.45) is 1.72. The van der Waals surface area contributed by atoms with Crippen molar-refractivity contribution in [3.05, 3.63) is 82.6 Å². The van der Waals surface area contributed by atoms with Crippen molar-refractivity contribution in [1.29, 1.82) is 0 Å². The Morgan fingerprint density at radius 3 is 2.33 bits per heavy atom. The largest absolute Gasteiger partial charge is 0.339 e. The number of fused-ring (bicyclic) bond motifs is 1. The van der Waals surface area contributed by atoms with Crippen molar-refractivity contribution in [3.63, 3.8) is 0 Å². The molecular formula is C22H23N3O2. The molecule has 1 aromatic heterocycles. The van der Waals surface area contributed by atoms with Gasteiger partial charge in [0.2, 0.25) is 5.91 Å². The molecule has 2 heterocycles. The van der Waals surface area contributed by atoms with Crippen molar-refractivity contribution < 1.29 is 4.79 Å². The van der Waals surface area contributed by atoms with Gasteiger partial charge in [-0.25, -0.2) is 0 Å². The Labute approximate surface area is 158 Å². The Morgan fingerprint density at radius 2 is 1.56 bits per heavy atom. The number of aromatic nitrogens is 1. The number of hydrogen-bond acceptors (Lipinski definition) is 3. The van der Waals surface area contributed by atoms with Crippen LogP contribution in [0.3, 0.4) is 0 Å². The van der Waals surface area contributed by atoms with E-state index >= 15 is 0 Å². The van der Waals surface area contributed by atoms with Gasteiger partial charge in [0.05, 0.1) is 5.52 Å². The van der Waals surface area contributed by atoms with E-state index in [0.29, 0.717) is 5.39 Å². The smallest absolute Gasteiger partial charge is 0.242 e. The molecule has 1 aliphatic heterocycles. The summed E-state index contributed by atoms with van der Waals surface area (Å²) in [4.78, 5) is 29.1. The van der Waals surface area contributed by atoms with E-state index in [9.17, 15) is 9.59 Å². The minimum absolute atomic E-state index is 0.0103. The third-order valence-corrected chi connectivity index (χ3v) is 5.16. The molecule has 0 saturated carbocycles. The molecule has 0 unspecified atom stereocenters. The van der Waals surface area contributed by atoms with E-state index in [0.717, 1.165) is 38.2 Å². The Balaban J connectivity index is 1.39. The van der Waals surface area contributed by atoms with E-state index in [2.05, 4.69) is 29.2 Å². The van der Waals surface area contributed by atoms with Crippen LogP contribution in [0, 0.1) is 0 Å². The molecule has 138 valence electrons. The first kappa shape index (κ1) is 17.5. The number of benzene rings is 2. The molecule has 5 heteroatoms. The second kappa shape index (κ2) is 7.76. The van der Waals surface area contributed by atoms with Gasteiger partial charge >= 0.3 is 0 Å². The molecule has 0 radical (unpaired) electrons. The highest BCUT2D eigenvalue weighted by Gasteiger charge is 2.21. The van der Waals surface area contributed by atoms with Gasteiger partial charge in [-0.2, -0.15) is 0 Å². The molecular weight excluding hydrogens is 338 g/mol. The van der Waals surface area contributed by atoms with Crippen LogP contribution < -0.4 is 5.43 Å². The number of hydrogen-bond donors (Lipinski definition) is 0. The number of rotatable bonds is 4. The summed E-state index contributed by atoms with van der Waals surface area (Å²) in [5, 5.41) is 0.653. The monoisotopic (exact) mass is 361 g/mol. The summed E-state index contributed by atoms with van der Waals surface area (Å²) in [6, 6.07) is 19.4. The highest BCUT2D eigenvalue weighted by Crippen LogP contribution is 2.12. The lowest BCUT2D eigenvalue weighted by atomic mass is 10.2. The Bertz CT molecular complexity index is 989. The molecule has 1 amide bonds. The zero-order valence-corrected chi connectivity index (χ0v) is 15.3. The molecule has 0 bridgehead atoms. The van der Waals surface area contributed by atoms with E-state index in [1.807, 2.05) is 33.7 Å². The molecule has 0 aliphatic carbocycles. The number of nitrogens with zero attached hydrogens (tertiary/aromatic N) is 3. The molecule has 5 nitrogen and oxygen atoms in total. The van der Waals surface area contributed by atoms with Gasteiger partial charge in [0.25, 0.3) is 0 Å².